The third-order valence-electron chi connectivity index (χ3n) is 3.62. The molecule has 3 nitrogen and oxygen atoms in total. The molecule has 0 radical (unpaired) electrons. The third-order valence-corrected chi connectivity index (χ3v) is 3.88. The van der Waals surface area contributed by atoms with Crippen LogP contribution in [-0.4, -0.2) is 17.0 Å². The number of rotatable bonds is 2. The minimum Gasteiger partial charge on any atom is -0.368 e. The number of allylic oxidation sites excluding steroid dienone is 1. The monoisotopic (exact) mass is 334 g/mol. The number of aliphatic hydroxyl groups excluding tert-OH is 1. The first kappa shape index (κ1) is 15.6. The Morgan fingerprint density at radius 2 is 1.70 bits per heavy atom. The maximum Gasteiger partial charge on any atom is 0.167 e. The molecular weight excluding hydrogens is 322 g/mol. The van der Waals surface area contributed by atoms with Crippen LogP contribution in [0, 0.1) is 11.6 Å². The fourth-order valence-corrected chi connectivity index (χ4v) is 2.73. The zero-order valence-corrected chi connectivity index (χ0v) is 12.9. The molecule has 1 atom stereocenters. The van der Waals surface area contributed by atoms with E-state index in [0.717, 1.165) is 12.1 Å². The van der Waals surface area contributed by atoms with Gasteiger partial charge in [-0.25, -0.2) is 8.78 Å². The molecule has 0 bridgehead atoms. The minimum atomic E-state index is -1.32. The average Bonchev–Trinajstić information content (AvgIpc) is 2.52. The summed E-state index contributed by atoms with van der Waals surface area (Å²) in [5.74, 6) is -1.50. The van der Waals surface area contributed by atoms with E-state index in [2.05, 4.69) is 10.5 Å². The van der Waals surface area contributed by atoms with E-state index in [1.54, 1.807) is 31.2 Å². The van der Waals surface area contributed by atoms with E-state index in [-0.39, 0.29) is 11.1 Å². The van der Waals surface area contributed by atoms with E-state index in [0.29, 0.717) is 21.9 Å². The molecule has 2 aromatic rings. The van der Waals surface area contributed by atoms with Crippen LogP contribution in [0.25, 0.3) is 11.1 Å². The zero-order chi connectivity index (χ0) is 16.6. The highest BCUT2D eigenvalue weighted by Gasteiger charge is 2.28. The summed E-state index contributed by atoms with van der Waals surface area (Å²) in [6.07, 6.45) is -1.32. The Balaban J connectivity index is 2.31. The fraction of sp³-hybridized carbons (Fsp3) is 0.118. The lowest BCUT2D eigenvalue weighted by Crippen LogP contribution is -2.32. The molecule has 6 heteroatoms. The van der Waals surface area contributed by atoms with Gasteiger partial charge >= 0.3 is 0 Å². The first-order chi connectivity index (χ1) is 11.0. The molecular formula is C17H13ClF2N2O. The number of aliphatic hydroxyl groups is 1. The number of benzene rings is 2. The molecule has 0 spiro atoms. The van der Waals surface area contributed by atoms with E-state index in [4.69, 9.17) is 11.6 Å². The summed E-state index contributed by atoms with van der Waals surface area (Å²) in [4.78, 5) is 0. The lowest BCUT2D eigenvalue weighted by atomic mass is 9.89. The summed E-state index contributed by atoms with van der Waals surface area (Å²) in [6.45, 7) is 1.70. The molecule has 118 valence electrons. The summed E-state index contributed by atoms with van der Waals surface area (Å²) < 4.78 is 28.4. The molecule has 1 heterocycles. The molecule has 2 N–H and O–H groups in total. The highest BCUT2D eigenvalue weighted by atomic mass is 35.5. The molecule has 0 fully saturated rings. The van der Waals surface area contributed by atoms with Gasteiger partial charge in [-0.15, -0.1) is 0 Å². The number of hydrazone groups is 1. The van der Waals surface area contributed by atoms with Gasteiger partial charge in [-0.05, 0) is 36.8 Å². The van der Waals surface area contributed by atoms with Crippen molar-refractivity contribution in [1.82, 2.24) is 5.43 Å². The molecule has 1 unspecified atom stereocenters. The van der Waals surface area contributed by atoms with Crippen molar-refractivity contribution >= 4 is 28.5 Å². The molecule has 3 rings (SSSR count). The van der Waals surface area contributed by atoms with Crippen molar-refractivity contribution in [3.8, 4) is 0 Å². The van der Waals surface area contributed by atoms with Gasteiger partial charge in [-0.1, -0.05) is 29.8 Å². The second-order valence-corrected chi connectivity index (χ2v) is 5.56. The molecule has 23 heavy (non-hydrogen) atoms. The van der Waals surface area contributed by atoms with Gasteiger partial charge in [-0.3, -0.25) is 5.43 Å². The Morgan fingerprint density at radius 3 is 2.30 bits per heavy atom. The number of nitrogens with zero attached hydrogens (tertiary/aromatic N) is 1. The van der Waals surface area contributed by atoms with Crippen LogP contribution in [0.1, 0.15) is 18.1 Å². The molecule has 0 aliphatic carbocycles. The van der Waals surface area contributed by atoms with Gasteiger partial charge in [0.25, 0.3) is 0 Å². The van der Waals surface area contributed by atoms with E-state index in [9.17, 15) is 13.9 Å². The van der Waals surface area contributed by atoms with E-state index in [1.807, 2.05) is 0 Å². The molecule has 0 saturated carbocycles. The van der Waals surface area contributed by atoms with Gasteiger partial charge in [0, 0.05) is 16.2 Å². The van der Waals surface area contributed by atoms with Crippen molar-refractivity contribution in [2.45, 2.75) is 13.2 Å². The smallest absolute Gasteiger partial charge is 0.167 e. The zero-order valence-electron chi connectivity index (χ0n) is 12.1. The van der Waals surface area contributed by atoms with Crippen LogP contribution in [-0.2, 0) is 0 Å². The predicted octanol–water partition coefficient (Wildman–Crippen LogP) is 3.83. The van der Waals surface area contributed by atoms with E-state index >= 15 is 0 Å². The molecule has 0 saturated heterocycles. The van der Waals surface area contributed by atoms with E-state index < -0.39 is 17.9 Å². The number of hydrogen-bond acceptors (Lipinski definition) is 3. The van der Waals surface area contributed by atoms with Crippen molar-refractivity contribution in [3.63, 3.8) is 0 Å². The van der Waals surface area contributed by atoms with Crippen LogP contribution < -0.4 is 5.43 Å². The van der Waals surface area contributed by atoms with Gasteiger partial charge in [0.1, 0.15) is 11.6 Å². The second-order valence-electron chi connectivity index (χ2n) is 5.12. The maximum absolute atomic E-state index is 14.2. The van der Waals surface area contributed by atoms with Gasteiger partial charge in [0.05, 0.1) is 11.3 Å². The predicted molar refractivity (Wildman–Crippen MR) is 86.9 cm³/mol. The van der Waals surface area contributed by atoms with Crippen LogP contribution in [0.5, 0.6) is 0 Å². The Labute approximate surface area is 136 Å². The summed E-state index contributed by atoms with van der Waals surface area (Å²) in [5.41, 5.74) is 3.95. The maximum atomic E-state index is 14.2. The van der Waals surface area contributed by atoms with Crippen LogP contribution in [0.15, 0.2) is 47.6 Å². The largest absolute Gasteiger partial charge is 0.368 e. The first-order valence-corrected chi connectivity index (χ1v) is 7.29. The average molecular weight is 335 g/mol. The third kappa shape index (κ3) is 2.85. The Hall–Kier alpha value is -2.24. The van der Waals surface area contributed by atoms with Crippen LogP contribution >= 0.6 is 11.6 Å². The van der Waals surface area contributed by atoms with Crippen molar-refractivity contribution in [2.75, 3.05) is 0 Å². The fourth-order valence-electron chi connectivity index (χ4n) is 2.61. The lowest BCUT2D eigenvalue weighted by molar-refractivity contribution is 0.195. The number of halogens is 3. The summed E-state index contributed by atoms with van der Waals surface area (Å²) >= 11 is 5.89. The summed E-state index contributed by atoms with van der Waals surface area (Å²) in [5, 5.41) is 14.8. The van der Waals surface area contributed by atoms with Gasteiger partial charge in [-0.2, -0.15) is 5.10 Å². The molecule has 0 amide bonds. The Bertz CT molecular complexity index is 796. The van der Waals surface area contributed by atoms with Gasteiger partial charge in [0.2, 0.25) is 0 Å². The topological polar surface area (TPSA) is 44.6 Å². The highest BCUT2D eigenvalue weighted by molar-refractivity contribution is 6.32. The lowest BCUT2D eigenvalue weighted by Gasteiger charge is -2.26. The molecule has 0 aromatic heterocycles. The van der Waals surface area contributed by atoms with E-state index in [1.165, 1.54) is 6.07 Å². The standard InChI is InChI=1S/C17H13ClF2N2O/c1-9-14(10-5-7-11(18)8-6-10)16(17(23)22-21-9)15-12(19)3-2-4-13(15)20/h2-8,17,22-23H,1H3. The van der Waals surface area contributed by atoms with Crippen LogP contribution in [0.3, 0.4) is 0 Å². The van der Waals surface area contributed by atoms with Crippen LogP contribution in [0.4, 0.5) is 8.78 Å². The van der Waals surface area contributed by atoms with Gasteiger partial charge in [0.15, 0.2) is 6.23 Å². The summed E-state index contributed by atoms with van der Waals surface area (Å²) in [6, 6.07) is 10.3. The number of hydrogen-bond donors (Lipinski definition) is 2. The second kappa shape index (κ2) is 6.10. The van der Waals surface area contributed by atoms with Crippen molar-refractivity contribution in [2.24, 2.45) is 5.10 Å². The number of nitrogens with one attached hydrogen (secondary N) is 1. The molecule has 1 aliphatic rings. The SMILES string of the molecule is CC1=NNC(O)C(c2c(F)cccc2F)=C1c1ccc(Cl)cc1. The van der Waals surface area contributed by atoms with Gasteiger partial charge < -0.3 is 5.11 Å². The highest BCUT2D eigenvalue weighted by Crippen LogP contribution is 2.35. The molecule has 1 aliphatic heterocycles. The minimum absolute atomic E-state index is 0.107. The van der Waals surface area contributed by atoms with Crippen LogP contribution in [0.2, 0.25) is 5.02 Å². The Kier molecular flexibility index (Phi) is 4.15. The Morgan fingerprint density at radius 1 is 1.09 bits per heavy atom. The quantitative estimate of drug-likeness (QED) is 0.876. The normalized spacial score (nSPS) is 17.8. The van der Waals surface area contributed by atoms with Crippen molar-refractivity contribution < 1.29 is 13.9 Å². The molecule has 2 aromatic carbocycles. The van der Waals surface area contributed by atoms with Crippen molar-refractivity contribution in [1.29, 1.82) is 0 Å². The van der Waals surface area contributed by atoms with Crippen molar-refractivity contribution in [3.05, 3.63) is 70.2 Å². The first-order valence-electron chi connectivity index (χ1n) is 6.92. The summed E-state index contributed by atoms with van der Waals surface area (Å²) in [7, 11) is 0.